The molecule has 40 heavy (non-hydrogen) atoms. The highest BCUT2D eigenvalue weighted by Gasteiger charge is 2.35. The van der Waals surface area contributed by atoms with Crippen molar-refractivity contribution in [1.29, 1.82) is 5.26 Å². The maximum Gasteiger partial charge on any atom is 0.331 e. The Kier molecular flexibility index (Phi) is 6.64. The molecule has 204 valence electrons. The summed E-state index contributed by atoms with van der Waals surface area (Å²) in [6.45, 7) is 2.78. The number of hydrogen-bond donors (Lipinski definition) is 2. The van der Waals surface area contributed by atoms with E-state index in [4.69, 9.17) is 4.74 Å². The Morgan fingerprint density at radius 3 is 2.80 bits per heavy atom. The Labute approximate surface area is 235 Å². The molecule has 1 atom stereocenters. The van der Waals surface area contributed by atoms with Crippen molar-refractivity contribution in [2.24, 2.45) is 5.92 Å². The summed E-state index contributed by atoms with van der Waals surface area (Å²) in [7, 11) is 1.59. The van der Waals surface area contributed by atoms with Crippen LogP contribution in [-0.4, -0.2) is 54.0 Å². The Bertz CT molecular complexity index is 1620. The van der Waals surface area contributed by atoms with Crippen LogP contribution in [0.2, 0.25) is 0 Å². The summed E-state index contributed by atoms with van der Waals surface area (Å²) in [4.78, 5) is 48.6. The number of thiophene rings is 1. The third-order valence-corrected chi connectivity index (χ3v) is 8.61. The number of methoxy groups -OCH3 is 1. The number of aromatic nitrogens is 1. The summed E-state index contributed by atoms with van der Waals surface area (Å²) in [5.74, 6) is 0.411. The average molecular weight is 558 g/mol. The number of nitrogens with zero attached hydrogens (tertiary/aromatic N) is 4. The zero-order chi connectivity index (χ0) is 28.0. The summed E-state index contributed by atoms with van der Waals surface area (Å²) < 4.78 is 5.31. The molecule has 2 fully saturated rings. The zero-order valence-corrected chi connectivity index (χ0v) is 23.0. The van der Waals surface area contributed by atoms with Crippen LogP contribution < -0.4 is 20.3 Å². The second-order valence-electron chi connectivity index (χ2n) is 10.3. The van der Waals surface area contributed by atoms with Crippen LogP contribution in [0.25, 0.3) is 10.2 Å². The molecule has 1 aromatic carbocycles. The van der Waals surface area contributed by atoms with Crippen LogP contribution in [0.3, 0.4) is 0 Å². The summed E-state index contributed by atoms with van der Waals surface area (Å²) in [5, 5.41) is 16.2. The molecule has 1 saturated carbocycles. The van der Waals surface area contributed by atoms with Gasteiger partial charge in [-0.3, -0.25) is 14.5 Å². The number of ether oxygens (including phenoxy) is 1. The molecular formula is C29H28N6O4S. The van der Waals surface area contributed by atoms with Gasteiger partial charge in [0.15, 0.2) is 0 Å². The van der Waals surface area contributed by atoms with E-state index < -0.39 is 0 Å². The van der Waals surface area contributed by atoms with Crippen LogP contribution in [-0.2, 0) is 4.79 Å². The van der Waals surface area contributed by atoms with E-state index in [-0.39, 0.29) is 29.5 Å². The van der Waals surface area contributed by atoms with Gasteiger partial charge < -0.3 is 20.3 Å². The van der Waals surface area contributed by atoms with E-state index >= 15 is 0 Å². The number of pyridine rings is 1. The van der Waals surface area contributed by atoms with Gasteiger partial charge in [-0.15, -0.1) is 11.3 Å². The number of hydrogen-bond acceptors (Lipinski definition) is 7. The molecule has 0 unspecified atom stereocenters. The fourth-order valence-electron chi connectivity index (χ4n) is 5.35. The van der Waals surface area contributed by atoms with Crippen molar-refractivity contribution in [1.82, 2.24) is 15.2 Å². The smallest absolute Gasteiger partial charge is 0.331 e. The number of rotatable bonds is 6. The third-order valence-electron chi connectivity index (χ3n) is 7.52. The number of nitrogens with one attached hydrogen (secondary N) is 2. The Morgan fingerprint density at radius 1 is 1.25 bits per heavy atom. The van der Waals surface area contributed by atoms with E-state index in [1.54, 1.807) is 41.3 Å². The first-order valence-corrected chi connectivity index (χ1v) is 14.1. The van der Waals surface area contributed by atoms with Gasteiger partial charge in [0.2, 0.25) is 0 Å². The summed E-state index contributed by atoms with van der Waals surface area (Å²) >= 11 is 1.22. The first-order chi connectivity index (χ1) is 19.4. The van der Waals surface area contributed by atoms with Crippen molar-refractivity contribution in [3.8, 4) is 11.8 Å². The molecule has 0 radical (unpaired) electrons. The number of likely N-dealkylation sites (tertiary alicyclic amines) is 1. The lowest BCUT2D eigenvalue weighted by atomic mass is 10.0. The molecule has 10 nitrogen and oxygen atoms in total. The number of anilines is 3. The molecule has 4 amide bonds. The van der Waals surface area contributed by atoms with E-state index in [1.807, 2.05) is 25.1 Å². The van der Waals surface area contributed by atoms with Crippen LogP contribution in [0.1, 0.15) is 40.9 Å². The van der Waals surface area contributed by atoms with Crippen molar-refractivity contribution in [2.75, 3.05) is 30.4 Å². The van der Waals surface area contributed by atoms with Gasteiger partial charge in [-0.25, -0.2) is 9.78 Å². The third kappa shape index (κ3) is 4.64. The second-order valence-corrected chi connectivity index (χ2v) is 11.3. The largest absolute Gasteiger partial charge is 0.497 e. The molecule has 2 aliphatic heterocycles. The lowest BCUT2D eigenvalue weighted by molar-refractivity contribution is -0.128. The van der Waals surface area contributed by atoms with Gasteiger partial charge in [-0.1, -0.05) is 6.08 Å². The van der Waals surface area contributed by atoms with E-state index in [9.17, 15) is 19.6 Å². The number of carbonyl (C=O) groups is 3. The molecular weight excluding hydrogens is 529 g/mol. The highest BCUT2D eigenvalue weighted by atomic mass is 32.1. The van der Waals surface area contributed by atoms with Crippen LogP contribution in [0, 0.1) is 24.2 Å². The molecule has 3 aromatic rings. The molecule has 1 aliphatic carbocycles. The molecule has 1 saturated heterocycles. The zero-order valence-electron chi connectivity index (χ0n) is 22.2. The first-order valence-electron chi connectivity index (χ1n) is 13.3. The number of aryl methyl sites for hydroxylation is 1. The quantitative estimate of drug-likeness (QED) is 0.253. The van der Waals surface area contributed by atoms with Gasteiger partial charge >= 0.3 is 6.03 Å². The van der Waals surface area contributed by atoms with E-state index in [0.717, 1.165) is 24.8 Å². The highest BCUT2D eigenvalue weighted by Crippen LogP contribution is 2.46. The van der Waals surface area contributed by atoms with Crippen LogP contribution >= 0.6 is 11.3 Å². The highest BCUT2D eigenvalue weighted by molar-refractivity contribution is 7.21. The molecule has 0 bridgehead atoms. The van der Waals surface area contributed by atoms with Gasteiger partial charge in [-0.2, -0.15) is 5.26 Å². The van der Waals surface area contributed by atoms with Crippen LogP contribution in [0.15, 0.2) is 42.1 Å². The van der Waals surface area contributed by atoms with Gasteiger partial charge in [-0.05, 0) is 68.4 Å². The fraction of sp³-hybridized carbons (Fsp3) is 0.345. The topological polar surface area (TPSA) is 128 Å². The number of allylic oxidation sites excluding steroid dienone is 1. The second kappa shape index (κ2) is 10.3. The molecule has 0 spiro atoms. The number of benzene rings is 1. The predicted octanol–water partition coefficient (Wildman–Crippen LogP) is 4.88. The maximum atomic E-state index is 13.5. The van der Waals surface area contributed by atoms with Crippen LogP contribution in [0.4, 0.5) is 21.9 Å². The molecule has 3 aliphatic rings. The Hall–Kier alpha value is -4.43. The standard InChI is InChI=1S/C29H28N6O4S/c1-16-12-20(39-2)7-8-21(16)35-22-9-10-31-27-23(22)24(33-29(35)38)25(40-27)26(36)32-19-4-3-11-34(15-19)28(37)18(14-30)13-17-5-6-17/h7-10,12-13,17,19H,3-6,11,15H2,1-2H3,(H,32,36)(H,33,38)/b18-13-/t19-/m1/s1/i13+1. The fourth-order valence-corrected chi connectivity index (χ4v) is 6.37. The lowest BCUT2D eigenvalue weighted by Gasteiger charge is -2.33. The average Bonchev–Trinajstić information content (AvgIpc) is 3.71. The van der Waals surface area contributed by atoms with E-state index in [1.165, 1.54) is 11.3 Å². The Morgan fingerprint density at radius 2 is 2.08 bits per heavy atom. The van der Waals surface area contributed by atoms with Crippen molar-refractivity contribution < 1.29 is 19.1 Å². The summed E-state index contributed by atoms with van der Waals surface area (Å²) in [5.41, 5.74) is 2.83. The minimum Gasteiger partial charge on any atom is -0.497 e. The number of nitriles is 1. The first kappa shape index (κ1) is 25.8. The number of urea groups is 1. The summed E-state index contributed by atoms with van der Waals surface area (Å²) in [6, 6.07) is 8.68. The predicted molar refractivity (Wildman–Crippen MR) is 152 cm³/mol. The van der Waals surface area contributed by atoms with Crippen molar-refractivity contribution in [3.63, 3.8) is 0 Å². The molecule has 6 rings (SSSR count). The monoisotopic (exact) mass is 557 g/mol. The van der Waals surface area contributed by atoms with Crippen LogP contribution in [0.5, 0.6) is 5.75 Å². The normalized spacial score (nSPS) is 18.8. The molecule has 4 heterocycles. The van der Waals surface area contributed by atoms with E-state index in [2.05, 4.69) is 15.6 Å². The van der Waals surface area contributed by atoms with Gasteiger partial charge in [0.1, 0.15) is 27.1 Å². The molecule has 2 N–H and O–H groups in total. The number of carbonyl (C=O) groups excluding carboxylic acids is 3. The SMILES string of the molecule is COc1ccc(N2C(=O)Nc3c(C(=O)N[C@@H]4CCCN(C(=O)/C(C#N)=[13CH]\C5CC5)C4)sc4nccc2c34)c(C)c1. The maximum absolute atomic E-state index is 13.5. The Balaban J connectivity index is 1.26. The van der Waals surface area contributed by atoms with Crippen molar-refractivity contribution in [2.45, 2.75) is 38.6 Å². The minimum atomic E-state index is -0.373. The van der Waals surface area contributed by atoms with Crippen molar-refractivity contribution >= 4 is 56.5 Å². The summed E-state index contributed by atoms with van der Waals surface area (Å²) in [6.07, 6.45) is 6.87. The number of piperidine rings is 1. The lowest BCUT2D eigenvalue weighted by Crippen LogP contribution is -2.50. The van der Waals surface area contributed by atoms with Gasteiger partial charge in [0.05, 0.1) is 29.6 Å². The minimum absolute atomic E-state index is 0.182. The van der Waals surface area contributed by atoms with Crippen molar-refractivity contribution in [3.05, 3.63) is 52.6 Å². The van der Waals surface area contributed by atoms with Gasteiger partial charge in [0.25, 0.3) is 11.8 Å². The van der Waals surface area contributed by atoms with E-state index in [0.29, 0.717) is 63.3 Å². The molecule has 11 heteroatoms. The molecule has 2 aromatic heterocycles. The van der Waals surface area contributed by atoms with Gasteiger partial charge in [0, 0.05) is 25.3 Å². The number of amides is 4.